The Morgan fingerprint density at radius 3 is 2.48 bits per heavy atom. The maximum atomic E-state index is 11.8. The molecule has 0 spiro atoms. The highest BCUT2D eigenvalue weighted by Gasteiger charge is 2.48. The van der Waals surface area contributed by atoms with Crippen LogP contribution in [-0.2, 0) is 11.3 Å². The van der Waals surface area contributed by atoms with Crippen molar-refractivity contribution in [2.24, 2.45) is 11.7 Å². The van der Waals surface area contributed by atoms with Crippen molar-refractivity contribution in [2.45, 2.75) is 56.5 Å². The van der Waals surface area contributed by atoms with Gasteiger partial charge in [0.15, 0.2) is 0 Å². The van der Waals surface area contributed by atoms with Crippen molar-refractivity contribution in [3.63, 3.8) is 0 Å². The van der Waals surface area contributed by atoms with E-state index in [0.717, 1.165) is 29.5 Å². The van der Waals surface area contributed by atoms with Crippen LogP contribution in [0.4, 0.5) is 0 Å². The molecule has 0 saturated heterocycles. The predicted octanol–water partition coefficient (Wildman–Crippen LogP) is 3.30. The van der Waals surface area contributed by atoms with Gasteiger partial charge in [-0.2, -0.15) is 0 Å². The average Bonchev–Trinajstić information content (AvgIpc) is 2.70. The van der Waals surface area contributed by atoms with Crippen molar-refractivity contribution in [1.29, 1.82) is 0 Å². The largest absolute Gasteiger partial charge is 0.480 e. The molecule has 1 atom stereocenters. The minimum atomic E-state index is -1.35. The van der Waals surface area contributed by atoms with Crippen molar-refractivity contribution in [1.82, 2.24) is 5.32 Å². The molecule has 1 unspecified atom stereocenters. The lowest BCUT2D eigenvalue weighted by atomic mass is 9.66. The number of hydrogen-bond donors (Lipinski definition) is 5. The van der Waals surface area contributed by atoms with Gasteiger partial charge in [0.1, 0.15) is 5.54 Å². The molecule has 6 nitrogen and oxygen atoms in total. The topological polar surface area (TPSA) is 116 Å². The van der Waals surface area contributed by atoms with Gasteiger partial charge in [-0.3, -0.25) is 4.79 Å². The standard InChI is InChI=1S/C23H30BClN2O4/c25-20-8-6-17(7-9-20)18-5-3-4-16(12-18)15-27-21-13-19(14-21)23(26,22(28)29)10-1-2-11-24(30)31/h3-9,12,19,21,27,30-31H,1-2,10-11,13-15,26H2,(H,28,29)/t19-,21+,23?. The number of rotatable bonds is 11. The second kappa shape index (κ2) is 10.6. The third-order valence-corrected chi connectivity index (χ3v) is 6.52. The number of nitrogens with two attached hydrogens (primary N) is 1. The third-order valence-electron chi connectivity index (χ3n) is 6.27. The Morgan fingerprint density at radius 1 is 1.13 bits per heavy atom. The molecule has 0 aromatic heterocycles. The average molecular weight is 445 g/mol. The van der Waals surface area contributed by atoms with E-state index < -0.39 is 18.6 Å². The molecule has 1 saturated carbocycles. The van der Waals surface area contributed by atoms with Gasteiger partial charge >= 0.3 is 13.1 Å². The molecule has 3 rings (SSSR count). The molecule has 1 aliphatic rings. The van der Waals surface area contributed by atoms with Crippen molar-refractivity contribution in [3.8, 4) is 11.1 Å². The summed E-state index contributed by atoms with van der Waals surface area (Å²) in [5, 5.41) is 31.8. The highest BCUT2D eigenvalue weighted by atomic mass is 35.5. The van der Waals surface area contributed by atoms with Crippen molar-refractivity contribution in [2.75, 3.05) is 0 Å². The van der Waals surface area contributed by atoms with E-state index in [9.17, 15) is 9.90 Å². The second-order valence-corrected chi connectivity index (χ2v) is 8.96. The smallest absolute Gasteiger partial charge is 0.451 e. The SMILES string of the molecule is NC(CCCCB(O)O)(C(=O)O)[C@H]1C[C@@H](NCc2cccc(-c3ccc(Cl)cc3)c2)C1. The Morgan fingerprint density at radius 2 is 1.84 bits per heavy atom. The third kappa shape index (κ3) is 6.31. The van der Waals surface area contributed by atoms with Gasteiger partial charge in [0.25, 0.3) is 0 Å². The van der Waals surface area contributed by atoms with Gasteiger partial charge in [-0.15, -0.1) is 0 Å². The Balaban J connectivity index is 1.49. The summed E-state index contributed by atoms with van der Waals surface area (Å²) in [4.78, 5) is 11.8. The van der Waals surface area contributed by atoms with E-state index in [1.165, 1.54) is 0 Å². The molecule has 6 N–H and O–H groups in total. The molecule has 31 heavy (non-hydrogen) atoms. The van der Waals surface area contributed by atoms with E-state index in [4.69, 9.17) is 27.4 Å². The maximum Gasteiger partial charge on any atom is 0.451 e. The van der Waals surface area contributed by atoms with Crippen LogP contribution in [-0.4, -0.2) is 39.8 Å². The number of hydrogen-bond acceptors (Lipinski definition) is 5. The number of halogens is 1. The molecule has 2 aromatic rings. The van der Waals surface area contributed by atoms with Gasteiger partial charge in [-0.25, -0.2) is 0 Å². The molecule has 1 fully saturated rings. The normalized spacial score (nSPS) is 20.0. The van der Waals surface area contributed by atoms with Crippen LogP contribution < -0.4 is 11.1 Å². The summed E-state index contributed by atoms with van der Waals surface area (Å²) in [6, 6.07) is 16.3. The fourth-order valence-electron chi connectivity index (χ4n) is 4.20. The predicted molar refractivity (Wildman–Crippen MR) is 124 cm³/mol. The first kappa shape index (κ1) is 23.8. The van der Waals surface area contributed by atoms with Crippen LogP contribution in [0, 0.1) is 5.92 Å². The minimum Gasteiger partial charge on any atom is -0.480 e. The summed E-state index contributed by atoms with van der Waals surface area (Å²) < 4.78 is 0. The number of carboxylic acid groups (broad SMARTS) is 1. The molecule has 8 heteroatoms. The van der Waals surface area contributed by atoms with Crippen molar-refractivity contribution >= 4 is 24.7 Å². The summed E-state index contributed by atoms with van der Waals surface area (Å²) in [5.74, 6) is -1.06. The maximum absolute atomic E-state index is 11.8. The molecule has 166 valence electrons. The number of aliphatic carboxylic acids is 1. The molecule has 0 aliphatic heterocycles. The van der Waals surface area contributed by atoms with Crippen LogP contribution in [0.2, 0.25) is 11.3 Å². The lowest BCUT2D eigenvalue weighted by Crippen LogP contribution is -2.61. The monoisotopic (exact) mass is 444 g/mol. The number of unbranched alkanes of at least 4 members (excludes halogenated alkanes) is 1. The van der Waals surface area contributed by atoms with E-state index in [2.05, 4.69) is 23.5 Å². The Labute approximate surface area is 188 Å². The summed E-state index contributed by atoms with van der Waals surface area (Å²) in [6.45, 7) is 0.706. The zero-order valence-corrected chi connectivity index (χ0v) is 18.3. The summed E-state index contributed by atoms with van der Waals surface area (Å²) in [7, 11) is -1.35. The van der Waals surface area contributed by atoms with Crippen LogP contribution in [0.1, 0.15) is 37.7 Å². The zero-order valence-electron chi connectivity index (χ0n) is 17.5. The number of nitrogens with one attached hydrogen (secondary N) is 1. The number of benzene rings is 2. The van der Waals surface area contributed by atoms with Crippen LogP contribution in [0.15, 0.2) is 48.5 Å². The lowest BCUT2D eigenvalue weighted by molar-refractivity contribution is -0.148. The van der Waals surface area contributed by atoms with Gasteiger partial charge < -0.3 is 26.2 Å². The highest BCUT2D eigenvalue weighted by Crippen LogP contribution is 2.38. The van der Waals surface area contributed by atoms with Crippen LogP contribution in [0.3, 0.4) is 0 Å². The van der Waals surface area contributed by atoms with Crippen molar-refractivity contribution in [3.05, 3.63) is 59.1 Å². The molecule has 0 radical (unpaired) electrons. The Kier molecular flexibility index (Phi) is 8.14. The van der Waals surface area contributed by atoms with E-state index in [1.807, 2.05) is 30.3 Å². The van der Waals surface area contributed by atoms with E-state index in [1.54, 1.807) is 0 Å². The van der Waals surface area contributed by atoms with E-state index in [-0.39, 0.29) is 18.3 Å². The Hall–Kier alpha value is -1.90. The molecular formula is C23H30BClN2O4. The quantitative estimate of drug-likeness (QED) is 0.268. The Bertz CT molecular complexity index is 874. The lowest BCUT2D eigenvalue weighted by Gasteiger charge is -2.45. The summed E-state index contributed by atoms with van der Waals surface area (Å²) >= 11 is 5.97. The van der Waals surface area contributed by atoms with Gasteiger partial charge in [0, 0.05) is 17.6 Å². The first-order chi connectivity index (χ1) is 14.8. The van der Waals surface area contributed by atoms with E-state index in [0.29, 0.717) is 30.8 Å². The molecule has 0 amide bonds. The molecular weight excluding hydrogens is 415 g/mol. The molecule has 0 bridgehead atoms. The molecule has 2 aromatic carbocycles. The summed E-state index contributed by atoms with van der Waals surface area (Å²) in [5.41, 5.74) is 8.41. The van der Waals surface area contributed by atoms with Gasteiger partial charge in [0.2, 0.25) is 0 Å². The van der Waals surface area contributed by atoms with Crippen LogP contribution >= 0.6 is 11.6 Å². The first-order valence-corrected chi connectivity index (χ1v) is 11.1. The summed E-state index contributed by atoms with van der Waals surface area (Å²) in [6.07, 6.45) is 3.13. The fourth-order valence-corrected chi connectivity index (χ4v) is 4.33. The highest BCUT2D eigenvalue weighted by molar-refractivity contribution is 6.40. The minimum absolute atomic E-state index is 0.0815. The van der Waals surface area contributed by atoms with Crippen LogP contribution in [0.25, 0.3) is 11.1 Å². The molecule has 0 heterocycles. The van der Waals surface area contributed by atoms with E-state index >= 15 is 0 Å². The molecule has 1 aliphatic carbocycles. The van der Waals surface area contributed by atoms with Gasteiger partial charge in [0.05, 0.1) is 0 Å². The van der Waals surface area contributed by atoms with Crippen molar-refractivity contribution < 1.29 is 19.9 Å². The van der Waals surface area contributed by atoms with Gasteiger partial charge in [-0.1, -0.05) is 54.8 Å². The fraction of sp³-hybridized carbons (Fsp3) is 0.435. The zero-order chi connectivity index (χ0) is 22.4. The number of carboxylic acids is 1. The van der Waals surface area contributed by atoms with Gasteiger partial charge in [-0.05, 0) is 66.4 Å². The second-order valence-electron chi connectivity index (χ2n) is 8.53. The first-order valence-electron chi connectivity index (χ1n) is 10.7. The number of carbonyl (C=O) groups is 1. The van der Waals surface area contributed by atoms with Crippen LogP contribution in [0.5, 0.6) is 0 Å².